The topological polar surface area (TPSA) is 34.1 Å². The van der Waals surface area contributed by atoms with E-state index in [9.17, 15) is 9.59 Å². The van der Waals surface area contributed by atoms with E-state index in [0.29, 0.717) is 0 Å². The minimum absolute atomic E-state index is 0.0402. The van der Waals surface area contributed by atoms with E-state index in [0.717, 1.165) is 51.4 Å². The van der Waals surface area contributed by atoms with Crippen molar-refractivity contribution in [2.75, 3.05) is 0 Å². The van der Waals surface area contributed by atoms with Gasteiger partial charge in [0.2, 0.25) is 11.6 Å². The van der Waals surface area contributed by atoms with E-state index in [-0.39, 0.29) is 23.4 Å². The van der Waals surface area contributed by atoms with Gasteiger partial charge < -0.3 is 0 Å². The maximum Gasteiger partial charge on any atom is 0.201 e. The molecule has 0 aromatic rings. The van der Waals surface area contributed by atoms with Crippen LogP contribution >= 0.6 is 0 Å². The molecule has 2 saturated carbocycles. The summed E-state index contributed by atoms with van der Waals surface area (Å²) in [6, 6.07) is 0. The molecule has 0 atom stereocenters. The van der Waals surface area contributed by atoms with E-state index >= 15 is 0 Å². The van der Waals surface area contributed by atoms with Crippen molar-refractivity contribution in [1.29, 1.82) is 0 Å². The highest BCUT2D eigenvalue weighted by Gasteiger charge is 2.32. The van der Waals surface area contributed by atoms with Crippen molar-refractivity contribution >= 4 is 11.6 Å². The summed E-state index contributed by atoms with van der Waals surface area (Å²) in [5, 5.41) is 0. The minimum atomic E-state index is -0.0422. The Morgan fingerprint density at radius 3 is 1.33 bits per heavy atom. The van der Waals surface area contributed by atoms with Gasteiger partial charge >= 0.3 is 0 Å². The average molecular weight is 208 g/mol. The first-order valence-corrected chi connectivity index (χ1v) is 6.37. The van der Waals surface area contributed by atoms with Gasteiger partial charge in [-0.1, -0.05) is 32.1 Å². The lowest BCUT2D eigenvalue weighted by atomic mass is 9.82. The molecule has 0 unspecified atom stereocenters. The zero-order valence-corrected chi connectivity index (χ0v) is 9.34. The Morgan fingerprint density at radius 2 is 0.933 bits per heavy atom. The fourth-order valence-electron chi connectivity index (χ4n) is 2.96. The van der Waals surface area contributed by atoms with Crippen LogP contribution in [0.2, 0.25) is 0 Å². The summed E-state index contributed by atoms with van der Waals surface area (Å²) < 4.78 is 0. The van der Waals surface area contributed by atoms with Crippen LogP contribution in [-0.4, -0.2) is 11.6 Å². The van der Waals surface area contributed by atoms with Gasteiger partial charge in [0.1, 0.15) is 0 Å². The van der Waals surface area contributed by atoms with Crippen LogP contribution in [0.1, 0.15) is 57.8 Å². The number of carbonyl (C=O) groups excluding carboxylic acids is 2. The van der Waals surface area contributed by atoms with Crippen LogP contribution in [0.4, 0.5) is 0 Å². The Bertz CT molecular complexity index is 245. The first-order chi connectivity index (χ1) is 7.29. The summed E-state index contributed by atoms with van der Waals surface area (Å²) in [4.78, 5) is 23.8. The van der Waals surface area contributed by atoms with E-state index in [2.05, 4.69) is 0 Å². The molecule has 0 heterocycles. The summed E-state index contributed by atoms with van der Waals surface area (Å²) >= 11 is 0. The molecule has 0 saturated heterocycles. The average Bonchev–Trinajstić information content (AvgIpc) is 2.82. The molecule has 84 valence electrons. The maximum atomic E-state index is 11.9. The van der Waals surface area contributed by atoms with Crippen molar-refractivity contribution in [1.82, 2.24) is 0 Å². The molecule has 0 aliphatic heterocycles. The van der Waals surface area contributed by atoms with Crippen molar-refractivity contribution in [3.63, 3.8) is 0 Å². The Kier molecular flexibility index (Phi) is 3.55. The molecule has 0 radical (unpaired) electrons. The Balaban J connectivity index is 1.90. The summed E-state index contributed by atoms with van der Waals surface area (Å²) in [6.07, 6.45) is 9.59. The highest BCUT2D eigenvalue weighted by molar-refractivity contribution is 6.38. The zero-order valence-electron chi connectivity index (χ0n) is 9.34. The smallest absolute Gasteiger partial charge is 0.201 e. The predicted molar refractivity (Wildman–Crippen MR) is 58.5 cm³/mol. The molecule has 2 fully saturated rings. The summed E-state index contributed by atoms with van der Waals surface area (Å²) in [7, 11) is 0. The van der Waals surface area contributed by atoms with Crippen LogP contribution in [0.15, 0.2) is 0 Å². The summed E-state index contributed by atoms with van der Waals surface area (Å²) in [5.74, 6) is 0.0762. The maximum absolute atomic E-state index is 11.9. The fourth-order valence-corrected chi connectivity index (χ4v) is 2.96. The van der Waals surface area contributed by atoms with E-state index in [1.54, 1.807) is 0 Å². The Labute approximate surface area is 91.4 Å². The van der Waals surface area contributed by atoms with E-state index in [1.165, 1.54) is 6.42 Å². The van der Waals surface area contributed by atoms with Gasteiger partial charge in [-0.25, -0.2) is 0 Å². The molecule has 0 aromatic carbocycles. The van der Waals surface area contributed by atoms with Crippen LogP contribution in [0.5, 0.6) is 0 Å². The van der Waals surface area contributed by atoms with Gasteiger partial charge in [0.25, 0.3) is 0 Å². The van der Waals surface area contributed by atoms with Crippen LogP contribution in [-0.2, 0) is 9.59 Å². The molecule has 0 N–H and O–H groups in total. The number of hydrogen-bond acceptors (Lipinski definition) is 2. The molecule has 2 nitrogen and oxygen atoms in total. The second-order valence-corrected chi connectivity index (χ2v) is 5.04. The van der Waals surface area contributed by atoms with Crippen molar-refractivity contribution in [2.45, 2.75) is 57.8 Å². The normalized spacial score (nSPS) is 24.3. The van der Waals surface area contributed by atoms with Crippen LogP contribution in [0.25, 0.3) is 0 Å². The fraction of sp³-hybridized carbons (Fsp3) is 0.846. The van der Waals surface area contributed by atoms with Gasteiger partial charge in [-0.15, -0.1) is 0 Å². The molecule has 2 aliphatic carbocycles. The minimum Gasteiger partial charge on any atom is -0.291 e. The van der Waals surface area contributed by atoms with Gasteiger partial charge in [0, 0.05) is 11.8 Å². The van der Waals surface area contributed by atoms with Crippen molar-refractivity contribution in [2.24, 2.45) is 11.8 Å². The SMILES string of the molecule is O=C(C(=O)C1CCCC1)C1CCCCC1. The standard InChI is InChI=1S/C13H20O2/c14-12(10-6-2-1-3-7-10)13(15)11-8-4-5-9-11/h10-11H,1-9H2. The number of ketones is 2. The third-order valence-corrected chi connectivity index (χ3v) is 3.94. The molecular formula is C13H20O2. The zero-order chi connectivity index (χ0) is 10.7. The van der Waals surface area contributed by atoms with Crippen LogP contribution < -0.4 is 0 Å². The highest BCUT2D eigenvalue weighted by Crippen LogP contribution is 2.30. The Morgan fingerprint density at radius 1 is 0.600 bits per heavy atom. The molecule has 0 amide bonds. The molecule has 2 rings (SSSR count). The highest BCUT2D eigenvalue weighted by atomic mass is 16.2. The largest absolute Gasteiger partial charge is 0.291 e. The lowest BCUT2D eigenvalue weighted by Crippen LogP contribution is -2.29. The van der Waals surface area contributed by atoms with Crippen LogP contribution in [0, 0.1) is 11.8 Å². The lowest BCUT2D eigenvalue weighted by molar-refractivity contribution is -0.141. The van der Waals surface area contributed by atoms with Gasteiger partial charge in [-0.2, -0.15) is 0 Å². The molecule has 0 aromatic heterocycles. The first kappa shape index (κ1) is 10.8. The predicted octanol–water partition coefficient (Wildman–Crippen LogP) is 2.90. The molecule has 2 aliphatic rings. The second kappa shape index (κ2) is 4.91. The van der Waals surface area contributed by atoms with Crippen molar-refractivity contribution in [3.05, 3.63) is 0 Å². The summed E-state index contributed by atoms with van der Waals surface area (Å²) in [6.45, 7) is 0. The molecule has 2 heteroatoms. The molecular weight excluding hydrogens is 188 g/mol. The van der Waals surface area contributed by atoms with Gasteiger partial charge in [0.05, 0.1) is 0 Å². The van der Waals surface area contributed by atoms with Gasteiger partial charge in [-0.3, -0.25) is 9.59 Å². The monoisotopic (exact) mass is 208 g/mol. The first-order valence-electron chi connectivity index (χ1n) is 6.37. The quantitative estimate of drug-likeness (QED) is 0.668. The van der Waals surface area contributed by atoms with Crippen molar-refractivity contribution < 1.29 is 9.59 Å². The second-order valence-electron chi connectivity index (χ2n) is 5.04. The molecule has 0 bridgehead atoms. The van der Waals surface area contributed by atoms with Gasteiger partial charge in [-0.05, 0) is 25.7 Å². The number of rotatable bonds is 3. The van der Waals surface area contributed by atoms with Crippen LogP contribution in [0.3, 0.4) is 0 Å². The van der Waals surface area contributed by atoms with Crippen molar-refractivity contribution in [3.8, 4) is 0 Å². The number of carbonyl (C=O) groups is 2. The van der Waals surface area contributed by atoms with Gasteiger partial charge in [0.15, 0.2) is 0 Å². The molecule has 0 spiro atoms. The number of Topliss-reactive ketones (excluding diaryl/α,β-unsaturated/α-hetero) is 2. The van der Waals surface area contributed by atoms with E-state index < -0.39 is 0 Å². The lowest BCUT2D eigenvalue weighted by Gasteiger charge is -2.20. The molecule has 15 heavy (non-hydrogen) atoms. The van der Waals surface area contributed by atoms with E-state index in [4.69, 9.17) is 0 Å². The third-order valence-electron chi connectivity index (χ3n) is 3.94. The third kappa shape index (κ3) is 2.47. The summed E-state index contributed by atoms with van der Waals surface area (Å²) in [5.41, 5.74) is 0. The number of hydrogen-bond donors (Lipinski definition) is 0. The van der Waals surface area contributed by atoms with E-state index in [1.807, 2.05) is 0 Å². The Hall–Kier alpha value is -0.660.